The monoisotopic (exact) mass is 518 g/mol. The van der Waals surface area contributed by atoms with Crippen LogP contribution in [0.3, 0.4) is 0 Å². The van der Waals surface area contributed by atoms with Gasteiger partial charge in [0.05, 0.1) is 10.4 Å². The number of sulfonamides is 1. The molecule has 1 saturated heterocycles. The number of rotatable bonds is 6. The lowest BCUT2D eigenvalue weighted by Crippen LogP contribution is -2.50. The number of halogens is 1. The first-order valence-electron chi connectivity index (χ1n) is 11.0. The lowest BCUT2D eigenvalue weighted by Gasteiger charge is -2.37. The summed E-state index contributed by atoms with van der Waals surface area (Å²) in [5, 5.41) is 8.04. The Bertz CT molecular complexity index is 1460. The van der Waals surface area contributed by atoms with Crippen molar-refractivity contribution in [1.29, 1.82) is 0 Å². The highest BCUT2D eigenvalue weighted by Gasteiger charge is 2.27. The van der Waals surface area contributed by atoms with Crippen LogP contribution in [0.15, 0.2) is 65.1 Å². The van der Waals surface area contributed by atoms with E-state index in [4.69, 9.17) is 0 Å². The molecule has 1 N–H and O–H groups in total. The molecule has 1 aliphatic heterocycles. The number of aromatic nitrogens is 3. The topological polar surface area (TPSA) is 100 Å². The Balaban J connectivity index is 0.00000190. The highest BCUT2D eigenvalue weighted by Crippen LogP contribution is 2.25. The molecule has 0 aliphatic carbocycles. The second-order valence-corrected chi connectivity index (χ2v) is 10.7. The van der Waals surface area contributed by atoms with Crippen LogP contribution in [-0.2, 0) is 14.8 Å². The van der Waals surface area contributed by atoms with Gasteiger partial charge in [-0.05, 0) is 49.4 Å². The van der Waals surface area contributed by atoms with Crippen LogP contribution in [0.25, 0.3) is 10.9 Å². The van der Waals surface area contributed by atoms with Crippen LogP contribution in [0.1, 0.15) is 15.8 Å². The molecule has 0 bridgehead atoms. The molecular formula is C23H27FN6O3S2. The Labute approximate surface area is 208 Å². The summed E-state index contributed by atoms with van der Waals surface area (Å²) < 4.78 is 43.3. The summed E-state index contributed by atoms with van der Waals surface area (Å²) in [6, 6.07) is 12.7. The van der Waals surface area contributed by atoms with E-state index in [1.807, 2.05) is 22.5 Å². The van der Waals surface area contributed by atoms with Crippen LogP contribution in [-0.4, -0.2) is 60.2 Å². The molecule has 2 aromatic carbocycles. The maximum absolute atomic E-state index is 14.0. The molecule has 0 saturated carbocycles. The number of nitrogens with one attached hydrogen (secondary N) is 1. The summed E-state index contributed by atoms with van der Waals surface area (Å²) in [6.07, 6.45) is 1.75. The van der Waals surface area contributed by atoms with Crippen LogP contribution in [0.5, 0.6) is 0 Å². The molecule has 3 heterocycles. The average Bonchev–Trinajstić information content (AvgIpc) is 3.54. The van der Waals surface area contributed by atoms with E-state index in [1.54, 1.807) is 42.6 Å². The van der Waals surface area contributed by atoms with Crippen LogP contribution in [0.2, 0.25) is 0 Å². The van der Waals surface area contributed by atoms with Crippen molar-refractivity contribution in [3.05, 3.63) is 66.1 Å². The summed E-state index contributed by atoms with van der Waals surface area (Å²) in [7, 11) is -3.74. The molecule has 1 atom stereocenters. The third kappa shape index (κ3) is 4.58. The second kappa shape index (κ2) is 9.27. The Morgan fingerprint density at radius 3 is 2.54 bits per heavy atom. The van der Waals surface area contributed by atoms with E-state index in [2.05, 4.69) is 19.8 Å². The maximum Gasteiger partial charge on any atom is 0.263 e. The molecule has 186 valence electrons. The van der Waals surface area contributed by atoms with Gasteiger partial charge in [-0.1, -0.05) is 17.4 Å². The SMILES string of the molecule is C[C@H](C(=O)N1CCN(c2ccc(S(=O)(=O)Nc3nncs3)cc2)CC1)n1ccc2c(F)cccc21.[HH].[HH]. The quantitative estimate of drug-likeness (QED) is 0.416. The summed E-state index contributed by atoms with van der Waals surface area (Å²) in [5.41, 5.74) is 3.03. The molecule has 0 spiro atoms. The molecule has 35 heavy (non-hydrogen) atoms. The number of amides is 1. The number of nitrogens with zero attached hydrogens (tertiary/aromatic N) is 5. The number of hydrogen-bond donors (Lipinski definition) is 1. The maximum atomic E-state index is 14.0. The predicted octanol–water partition coefficient (Wildman–Crippen LogP) is 3.83. The third-order valence-corrected chi connectivity index (χ3v) is 8.26. The van der Waals surface area contributed by atoms with Gasteiger partial charge in [0.2, 0.25) is 11.0 Å². The number of hydrogen-bond acceptors (Lipinski definition) is 7. The van der Waals surface area contributed by atoms with Gasteiger partial charge in [-0.2, -0.15) is 0 Å². The van der Waals surface area contributed by atoms with Gasteiger partial charge in [0.25, 0.3) is 10.0 Å². The third-order valence-electron chi connectivity index (χ3n) is 6.17. The summed E-state index contributed by atoms with van der Waals surface area (Å²) in [6.45, 7) is 4.14. The van der Waals surface area contributed by atoms with Crippen molar-refractivity contribution in [2.24, 2.45) is 0 Å². The Hall–Kier alpha value is -3.51. The molecule has 2 aromatic heterocycles. The van der Waals surface area contributed by atoms with Crippen molar-refractivity contribution in [3.8, 4) is 0 Å². The van der Waals surface area contributed by atoms with Crippen molar-refractivity contribution in [2.75, 3.05) is 35.8 Å². The van der Waals surface area contributed by atoms with Crippen LogP contribution in [0.4, 0.5) is 15.2 Å². The number of fused-ring (bicyclic) bond motifs is 1. The predicted molar refractivity (Wildman–Crippen MR) is 137 cm³/mol. The van der Waals surface area contributed by atoms with Crippen molar-refractivity contribution in [3.63, 3.8) is 0 Å². The Kier molecular flexibility index (Phi) is 6.15. The number of carbonyl (C=O) groups is 1. The van der Waals surface area contributed by atoms with Crippen LogP contribution >= 0.6 is 11.3 Å². The molecule has 1 fully saturated rings. The van der Waals surface area contributed by atoms with Gasteiger partial charge in [0.1, 0.15) is 17.4 Å². The summed E-state index contributed by atoms with van der Waals surface area (Å²) >= 11 is 1.10. The molecule has 4 aromatic rings. The highest BCUT2D eigenvalue weighted by molar-refractivity contribution is 7.93. The fourth-order valence-electron chi connectivity index (χ4n) is 4.28. The highest BCUT2D eigenvalue weighted by atomic mass is 32.2. The lowest BCUT2D eigenvalue weighted by molar-refractivity contribution is -0.134. The minimum Gasteiger partial charge on any atom is -0.368 e. The minimum atomic E-state index is -3.74. The number of benzene rings is 2. The van der Waals surface area contributed by atoms with Gasteiger partial charge in [0, 0.05) is 46.3 Å². The fourth-order valence-corrected chi connectivity index (χ4v) is 5.98. The summed E-state index contributed by atoms with van der Waals surface area (Å²) in [4.78, 5) is 17.2. The van der Waals surface area contributed by atoms with Gasteiger partial charge >= 0.3 is 0 Å². The van der Waals surface area contributed by atoms with Crippen molar-refractivity contribution in [2.45, 2.75) is 17.9 Å². The van der Waals surface area contributed by atoms with Gasteiger partial charge in [-0.3, -0.25) is 9.52 Å². The van der Waals surface area contributed by atoms with E-state index >= 15 is 0 Å². The Morgan fingerprint density at radius 1 is 1.11 bits per heavy atom. The Morgan fingerprint density at radius 2 is 1.86 bits per heavy atom. The normalized spacial score (nSPS) is 15.4. The number of anilines is 2. The van der Waals surface area contributed by atoms with Crippen molar-refractivity contribution < 1.29 is 20.5 Å². The average molecular weight is 519 g/mol. The minimum absolute atomic E-state index is 0. The first-order valence-corrected chi connectivity index (χ1v) is 13.4. The van der Waals surface area contributed by atoms with Gasteiger partial charge in [-0.25, -0.2) is 12.8 Å². The zero-order chi connectivity index (χ0) is 24.6. The van der Waals surface area contributed by atoms with Crippen LogP contribution < -0.4 is 9.62 Å². The molecule has 0 unspecified atom stereocenters. The van der Waals surface area contributed by atoms with E-state index in [0.29, 0.717) is 37.1 Å². The lowest BCUT2D eigenvalue weighted by atomic mass is 10.2. The van der Waals surface area contributed by atoms with E-state index in [9.17, 15) is 17.6 Å². The molecule has 9 nitrogen and oxygen atoms in total. The van der Waals surface area contributed by atoms with E-state index in [0.717, 1.165) is 17.0 Å². The molecule has 1 aliphatic rings. The fraction of sp³-hybridized carbons (Fsp3) is 0.261. The molecule has 1 amide bonds. The van der Waals surface area contributed by atoms with Gasteiger partial charge in [-0.15, -0.1) is 10.2 Å². The van der Waals surface area contributed by atoms with E-state index < -0.39 is 16.1 Å². The molecule has 5 rings (SSSR count). The smallest absolute Gasteiger partial charge is 0.263 e. The first kappa shape index (κ1) is 23.2. The van der Waals surface area contributed by atoms with E-state index in [-0.39, 0.29) is 24.6 Å². The van der Waals surface area contributed by atoms with Crippen molar-refractivity contribution in [1.82, 2.24) is 19.7 Å². The van der Waals surface area contributed by atoms with E-state index in [1.165, 1.54) is 11.6 Å². The molecule has 0 radical (unpaired) electrons. The van der Waals surface area contributed by atoms with Gasteiger partial charge < -0.3 is 14.4 Å². The molecule has 12 heteroatoms. The summed E-state index contributed by atoms with van der Waals surface area (Å²) in [5.74, 6) is -0.320. The second-order valence-electron chi connectivity index (χ2n) is 8.23. The first-order chi connectivity index (χ1) is 16.8. The van der Waals surface area contributed by atoms with Crippen LogP contribution in [0, 0.1) is 5.82 Å². The number of carbonyl (C=O) groups excluding carboxylic acids is 1. The van der Waals surface area contributed by atoms with Gasteiger partial charge in [0.15, 0.2) is 0 Å². The largest absolute Gasteiger partial charge is 0.368 e. The standard InChI is InChI=1S/C23H23FN6O3S2.2H2/c1-16(30-10-9-19-20(24)3-2-4-21(19)30)22(31)29-13-11-28(12-14-29)17-5-7-18(8-6-17)35(32,33)27-23-26-25-15-34-23;;/h2-10,15-16H,11-14H2,1H3,(H,26,27);2*1H/t16-;;/m1../s1. The molecular weight excluding hydrogens is 491 g/mol. The van der Waals surface area contributed by atoms with Crippen molar-refractivity contribution >= 4 is 49.0 Å². The zero-order valence-electron chi connectivity index (χ0n) is 18.8. The zero-order valence-corrected chi connectivity index (χ0v) is 20.5. The number of piperazine rings is 1.